The summed E-state index contributed by atoms with van der Waals surface area (Å²) in [5, 5.41) is 13.8. The van der Waals surface area contributed by atoms with Crippen LogP contribution >= 0.6 is 7.82 Å². The second kappa shape index (κ2) is 40.1. The summed E-state index contributed by atoms with van der Waals surface area (Å²) in [4.78, 5) is 23.1. The smallest absolute Gasteiger partial charge is 0.387 e. The van der Waals surface area contributed by atoms with Crippen LogP contribution in [0.2, 0.25) is 0 Å². The molecule has 0 spiro atoms. The Hall–Kier alpha value is -1.28. The van der Waals surface area contributed by atoms with E-state index < -0.39 is 20.0 Å². The topological polar surface area (TPSA) is 105 Å². The van der Waals surface area contributed by atoms with E-state index in [1.807, 2.05) is 27.2 Å². The first-order chi connectivity index (χ1) is 27.5. The molecule has 0 rings (SSSR count). The molecule has 1 amide bonds. The Morgan fingerprint density at radius 2 is 1.00 bits per heavy atom. The Labute approximate surface area is 353 Å². The number of carbonyl (C=O) groups is 1. The number of rotatable bonds is 43. The molecule has 3 atom stereocenters. The molecule has 0 heterocycles. The predicted molar refractivity (Wildman–Crippen MR) is 244 cm³/mol. The highest BCUT2D eigenvalue weighted by atomic mass is 31.2. The molecule has 57 heavy (non-hydrogen) atoms. The van der Waals surface area contributed by atoms with Crippen LogP contribution in [-0.4, -0.2) is 73.4 Å². The van der Waals surface area contributed by atoms with E-state index in [0.29, 0.717) is 17.4 Å². The number of hydrogen-bond acceptors (Lipinski definition) is 5. The van der Waals surface area contributed by atoms with E-state index in [9.17, 15) is 19.4 Å². The molecule has 0 radical (unpaired) electrons. The molecular formula is C48H94N2O6P+. The van der Waals surface area contributed by atoms with Gasteiger partial charge in [0, 0.05) is 6.42 Å². The van der Waals surface area contributed by atoms with Crippen molar-refractivity contribution < 1.29 is 32.9 Å². The van der Waals surface area contributed by atoms with Crippen molar-refractivity contribution >= 4 is 13.7 Å². The lowest BCUT2D eigenvalue weighted by atomic mass is 10.1. The van der Waals surface area contributed by atoms with Crippen molar-refractivity contribution in [1.29, 1.82) is 0 Å². The maximum atomic E-state index is 12.9. The number of allylic oxidation sites excluding steroid dienone is 5. The summed E-state index contributed by atoms with van der Waals surface area (Å²) >= 11 is 0. The lowest BCUT2D eigenvalue weighted by Gasteiger charge is -2.25. The number of phosphoric acid groups is 1. The summed E-state index contributed by atoms with van der Waals surface area (Å²) in [5.41, 5.74) is 0. The van der Waals surface area contributed by atoms with E-state index >= 15 is 0 Å². The average molecular weight is 826 g/mol. The van der Waals surface area contributed by atoms with Crippen LogP contribution in [0.5, 0.6) is 0 Å². The molecule has 0 saturated heterocycles. The first-order valence-corrected chi connectivity index (χ1v) is 25.4. The Morgan fingerprint density at radius 1 is 0.596 bits per heavy atom. The largest absolute Gasteiger partial charge is 0.472 e. The molecule has 3 unspecified atom stereocenters. The molecule has 0 saturated carbocycles. The van der Waals surface area contributed by atoms with E-state index in [2.05, 4.69) is 43.5 Å². The number of quaternary nitrogens is 1. The SMILES string of the molecule is CCCCCCCCCCC/C=C\C/C=C\CCCCCCCCCC(=O)NC(COP(=O)(O)OCC[N+](C)(C)C)C(O)/C=C/CCCCCCCCCCCC. The summed E-state index contributed by atoms with van der Waals surface area (Å²) in [7, 11) is 1.57. The molecule has 0 aromatic carbocycles. The summed E-state index contributed by atoms with van der Waals surface area (Å²) in [6, 6.07) is -0.849. The van der Waals surface area contributed by atoms with Crippen LogP contribution in [-0.2, 0) is 18.4 Å². The van der Waals surface area contributed by atoms with Crippen molar-refractivity contribution in [2.45, 2.75) is 225 Å². The number of hydrogen-bond donors (Lipinski definition) is 3. The lowest BCUT2D eigenvalue weighted by Crippen LogP contribution is -2.45. The van der Waals surface area contributed by atoms with Crippen molar-refractivity contribution in [1.82, 2.24) is 5.32 Å². The van der Waals surface area contributed by atoms with Gasteiger partial charge in [-0.05, 0) is 51.4 Å². The molecule has 8 nitrogen and oxygen atoms in total. The van der Waals surface area contributed by atoms with Gasteiger partial charge in [0.05, 0.1) is 39.9 Å². The van der Waals surface area contributed by atoms with Gasteiger partial charge in [0.15, 0.2) is 0 Å². The van der Waals surface area contributed by atoms with Crippen molar-refractivity contribution in [2.24, 2.45) is 0 Å². The molecule has 9 heteroatoms. The standard InChI is InChI=1S/C48H93N2O6P/c1-6-8-10-12-14-16-18-20-21-22-23-24-25-26-27-28-29-30-32-34-36-38-40-42-48(52)49-46(45-56-57(53,54)55-44-43-50(3,4)5)47(51)41-39-37-35-33-31-19-17-15-13-11-9-7-2/h23-24,26-27,39,41,46-47,51H,6-22,25,28-38,40,42-45H2,1-5H3,(H-,49,52,53,54)/p+1/b24-23-,27-26-,41-39+. The molecule has 0 aromatic rings. The van der Waals surface area contributed by atoms with Gasteiger partial charge in [-0.15, -0.1) is 0 Å². The number of nitrogens with one attached hydrogen (secondary N) is 1. The molecule has 0 fully saturated rings. The summed E-state index contributed by atoms with van der Waals surface area (Å²) in [5.74, 6) is -0.186. The van der Waals surface area contributed by atoms with Crippen molar-refractivity contribution in [3.05, 3.63) is 36.5 Å². The Bertz CT molecular complexity index is 1030. The third-order valence-electron chi connectivity index (χ3n) is 10.6. The second-order valence-corrected chi connectivity index (χ2v) is 18.9. The number of nitrogens with zero attached hydrogens (tertiary/aromatic N) is 1. The average Bonchev–Trinajstić information content (AvgIpc) is 3.16. The number of amides is 1. The number of aliphatic hydroxyl groups excluding tert-OH is 1. The highest BCUT2D eigenvalue weighted by Crippen LogP contribution is 2.43. The quantitative estimate of drug-likeness (QED) is 0.0245. The van der Waals surface area contributed by atoms with Gasteiger partial charge in [0.2, 0.25) is 5.91 Å². The van der Waals surface area contributed by atoms with Crippen LogP contribution in [0.4, 0.5) is 0 Å². The fraction of sp³-hybridized carbons (Fsp3) is 0.854. The summed E-state index contributed by atoms with van der Waals surface area (Å²) in [6.07, 6.45) is 49.3. The van der Waals surface area contributed by atoms with Crippen LogP contribution < -0.4 is 5.32 Å². The summed E-state index contributed by atoms with van der Waals surface area (Å²) in [6.45, 7) is 4.80. The van der Waals surface area contributed by atoms with Crippen LogP contribution in [0.25, 0.3) is 0 Å². The van der Waals surface area contributed by atoms with E-state index in [1.54, 1.807) is 6.08 Å². The predicted octanol–water partition coefficient (Wildman–Crippen LogP) is 13.5. The monoisotopic (exact) mass is 826 g/mol. The van der Waals surface area contributed by atoms with E-state index in [0.717, 1.165) is 51.4 Å². The van der Waals surface area contributed by atoms with Gasteiger partial charge < -0.3 is 19.8 Å². The fourth-order valence-corrected chi connectivity index (χ4v) is 7.51. The zero-order valence-corrected chi connectivity index (χ0v) is 39.0. The minimum atomic E-state index is -4.34. The number of likely N-dealkylation sites (N-methyl/N-ethyl adjacent to an activating group) is 1. The van der Waals surface area contributed by atoms with Gasteiger partial charge in [-0.1, -0.05) is 192 Å². The van der Waals surface area contributed by atoms with Crippen molar-refractivity contribution in [3.63, 3.8) is 0 Å². The molecule has 0 aromatic heterocycles. The van der Waals surface area contributed by atoms with Crippen LogP contribution in [0, 0.1) is 0 Å². The highest BCUT2D eigenvalue weighted by molar-refractivity contribution is 7.47. The van der Waals surface area contributed by atoms with Crippen LogP contribution in [0.3, 0.4) is 0 Å². The van der Waals surface area contributed by atoms with Crippen molar-refractivity contribution in [3.8, 4) is 0 Å². The zero-order valence-electron chi connectivity index (χ0n) is 38.1. The van der Waals surface area contributed by atoms with E-state index in [1.165, 1.54) is 141 Å². The third kappa shape index (κ3) is 42.6. The molecule has 0 bridgehead atoms. The number of aliphatic hydroxyl groups is 1. The van der Waals surface area contributed by atoms with Gasteiger partial charge in [-0.2, -0.15) is 0 Å². The minimum absolute atomic E-state index is 0.0595. The Morgan fingerprint density at radius 3 is 1.44 bits per heavy atom. The lowest BCUT2D eigenvalue weighted by molar-refractivity contribution is -0.870. The zero-order chi connectivity index (χ0) is 42.1. The first kappa shape index (κ1) is 55.7. The van der Waals surface area contributed by atoms with Gasteiger partial charge in [-0.25, -0.2) is 4.57 Å². The molecule has 3 N–H and O–H groups in total. The molecule has 0 aliphatic heterocycles. The number of carbonyl (C=O) groups excluding carboxylic acids is 1. The highest BCUT2D eigenvalue weighted by Gasteiger charge is 2.27. The second-order valence-electron chi connectivity index (χ2n) is 17.5. The number of phosphoric ester groups is 1. The van der Waals surface area contributed by atoms with Crippen molar-refractivity contribution in [2.75, 3.05) is 40.9 Å². The maximum absolute atomic E-state index is 12.9. The summed E-state index contributed by atoms with van der Waals surface area (Å²) < 4.78 is 23.6. The van der Waals surface area contributed by atoms with Gasteiger partial charge >= 0.3 is 7.82 Å². The van der Waals surface area contributed by atoms with Crippen LogP contribution in [0.1, 0.15) is 213 Å². The first-order valence-electron chi connectivity index (χ1n) is 23.9. The normalized spacial score (nSPS) is 14.6. The maximum Gasteiger partial charge on any atom is 0.472 e. The van der Waals surface area contributed by atoms with Gasteiger partial charge in [0.1, 0.15) is 13.2 Å². The molecule has 0 aliphatic rings. The van der Waals surface area contributed by atoms with E-state index in [4.69, 9.17) is 9.05 Å². The van der Waals surface area contributed by atoms with Crippen LogP contribution in [0.15, 0.2) is 36.5 Å². The van der Waals surface area contributed by atoms with Gasteiger partial charge in [-0.3, -0.25) is 13.8 Å². The Kier molecular flexibility index (Phi) is 39.2. The molecular weight excluding hydrogens is 732 g/mol. The number of unbranched alkanes of at least 4 members (excludes halogenated alkanes) is 26. The minimum Gasteiger partial charge on any atom is -0.387 e. The Balaban J connectivity index is 4.30. The van der Waals surface area contributed by atoms with E-state index in [-0.39, 0.29) is 19.1 Å². The molecule has 336 valence electrons. The molecule has 0 aliphatic carbocycles. The van der Waals surface area contributed by atoms with Gasteiger partial charge in [0.25, 0.3) is 0 Å². The fourth-order valence-electron chi connectivity index (χ4n) is 6.78. The third-order valence-corrected chi connectivity index (χ3v) is 11.6.